The number of nitrogens with one attached hydrogen (secondary N) is 1. The van der Waals surface area contributed by atoms with Crippen LogP contribution < -0.4 is 10.5 Å². The molecule has 0 unspecified atom stereocenters. The number of aromatic amines is 1. The first kappa shape index (κ1) is 13.3. The number of nitrogens with zero attached hydrogens (tertiary/aromatic N) is 4. The van der Waals surface area contributed by atoms with Gasteiger partial charge < -0.3 is 19.2 Å². The molecule has 110 valence electrons. The van der Waals surface area contributed by atoms with Gasteiger partial charge in [-0.15, -0.1) is 5.10 Å². The highest BCUT2D eigenvalue weighted by Gasteiger charge is 2.24. The Kier molecular flexibility index (Phi) is 3.43. The van der Waals surface area contributed by atoms with Crippen molar-refractivity contribution in [1.29, 1.82) is 0 Å². The van der Waals surface area contributed by atoms with E-state index in [0.29, 0.717) is 43.6 Å². The lowest BCUT2D eigenvalue weighted by Crippen LogP contribution is -2.49. The summed E-state index contributed by atoms with van der Waals surface area (Å²) in [5.41, 5.74) is 0.264. The second-order valence-electron chi connectivity index (χ2n) is 4.82. The highest BCUT2D eigenvalue weighted by Crippen LogP contribution is 2.15. The molecular weight excluding hydrogens is 274 g/mol. The van der Waals surface area contributed by atoms with Crippen LogP contribution in [0.15, 0.2) is 27.5 Å². The Balaban J connectivity index is 1.64. The number of aryl methyl sites for hydroxylation is 1. The minimum Gasteiger partial charge on any atom is -0.408 e. The number of amides is 1. The van der Waals surface area contributed by atoms with Crippen molar-refractivity contribution in [2.24, 2.45) is 0 Å². The molecule has 0 radical (unpaired) electrons. The number of pyridine rings is 1. The van der Waals surface area contributed by atoms with Crippen LogP contribution in [-0.2, 0) is 0 Å². The number of hydrogen-bond acceptors (Lipinski definition) is 6. The molecule has 1 N–H and O–H groups in total. The van der Waals surface area contributed by atoms with Crippen molar-refractivity contribution >= 4 is 11.9 Å². The molecule has 21 heavy (non-hydrogen) atoms. The zero-order valence-electron chi connectivity index (χ0n) is 11.6. The molecule has 3 rings (SSSR count). The van der Waals surface area contributed by atoms with E-state index in [1.807, 2.05) is 4.90 Å². The van der Waals surface area contributed by atoms with Gasteiger partial charge in [0.05, 0.1) is 5.56 Å². The summed E-state index contributed by atoms with van der Waals surface area (Å²) in [6.07, 6.45) is 1.44. The summed E-state index contributed by atoms with van der Waals surface area (Å²) in [4.78, 5) is 29.5. The Labute approximate surface area is 120 Å². The molecule has 2 aromatic rings. The maximum atomic E-state index is 12.3. The fourth-order valence-electron chi connectivity index (χ4n) is 2.24. The fraction of sp³-hybridized carbons (Fsp3) is 0.385. The topological polar surface area (TPSA) is 95.3 Å². The average molecular weight is 289 g/mol. The smallest absolute Gasteiger partial charge is 0.318 e. The summed E-state index contributed by atoms with van der Waals surface area (Å²) in [7, 11) is 0. The third-order valence-corrected chi connectivity index (χ3v) is 3.38. The van der Waals surface area contributed by atoms with Crippen molar-refractivity contribution in [2.75, 3.05) is 31.1 Å². The van der Waals surface area contributed by atoms with Gasteiger partial charge in [-0.25, -0.2) is 0 Å². The van der Waals surface area contributed by atoms with Crippen molar-refractivity contribution in [3.63, 3.8) is 0 Å². The number of aromatic nitrogens is 3. The van der Waals surface area contributed by atoms with Gasteiger partial charge in [0.1, 0.15) is 0 Å². The van der Waals surface area contributed by atoms with Crippen LogP contribution >= 0.6 is 0 Å². The van der Waals surface area contributed by atoms with Crippen LogP contribution in [0.4, 0.5) is 6.01 Å². The van der Waals surface area contributed by atoms with E-state index in [9.17, 15) is 9.59 Å². The monoisotopic (exact) mass is 289 g/mol. The summed E-state index contributed by atoms with van der Waals surface area (Å²) in [6, 6.07) is 3.38. The highest BCUT2D eigenvalue weighted by atomic mass is 16.4. The Morgan fingerprint density at radius 2 is 2.00 bits per heavy atom. The fourth-order valence-corrected chi connectivity index (χ4v) is 2.24. The van der Waals surface area contributed by atoms with Crippen molar-refractivity contribution in [1.82, 2.24) is 20.1 Å². The molecular formula is C13H15N5O3. The number of carbonyl (C=O) groups is 1. The summed E-state index contributed by atoms with van der Waals surface area (Å²) >= 11 is 0. The van der Waals surface area contributed by atoms with E-state index < -0.39 is 0 Å². The van der Waals surface area contributed by atoms with Gasteiger partial charge in [-0.3, -0.25) is 9.59 Å². The van der Waals surface area contributed by atoms with Gasteiger partial charge in [-0.05, 0) is 6.07 Å². The number of piperazine rings is 1. The molecule has 2 aromatic heterocycles. The van der Waals surface area contributed by atoms with Crippen molar-refractivity contribution in [2.45, 2.75) is 6.92 Å². The van der Waals surface area contributed by atoms with Crippen LogP contribution in [-0.4, -0.2) is 52.2 Å². The second-order valence-corrected chi connectivity index (χ2v) is 4.82. The number of H-pyrrole nitrogens is 1. The largest absolute Gasteiger partial charge is 0.408 e. The Bertz CT molecular complexity index is 679. The van der Waals surface area contributed by atoms with Gasteiger partial charge in [-0.2, -0.15) is 0 Å². The molecule has 1 aliphatic rings. The van der Waals surface area contributed by atoms with Crippen LogP contribution in [0.3, 0.4) is 0 Å². The third kappa shape index (κ3) is 2.78. The molecule has 1 aliphatic heterocycles. The molecule has 1 amide bonds. The van der Waals surface area contributed by atoms with E-state index in [1.165, 1.54) is 18.3 Å². The van der Waals surface area contributed by atoms with E-state index in [0.717, 1.165) is 0 Å². The van der Waals surface area contributed by atoms with E-state index in [2.05, 4.69) is 15.2 Å². The lowest BCUT2D eigenvalue weighted by molar-refractivity contribution is 0.0744. The Morgan fingerprint density at radius 3 is 2.57 bits per heavy atom. The molecule has 1 fully saturated rings. The SMILES string of the molecule is Cc1nnc(N2CCN(C(=O)c3ccc(=O)[nH]c3)CC2)o1. The Hall–Kier alpha value is -2.64. The van der Waals surface area contributed by atoms with Crippen LogP contribution in [0.25, 0.3) is 0 Å². The number of hydrogen-bond donors (Lipinski definition) is 1. The van der Waals surface area contributed by atoms with Crippen LogP contribution in [0.2, 0.25) is 0 Å². The van der Waals surface area contributed by atoms with Gasteiger partial charge in [0.2, 0.25) is 11.4 Å². The summed E-state index contributed by atoms with van der Waals surface area (Å²) < 4.78 is 5.38. The number of carbonyl (C=O) groups excluding carboxylic acids is 1. The van der Waals surface area contributed by atoms with Gasteiger partial charge in [0, 0.05) is 45.4 Å². The maximum absolute atomic E-state index is 12.3. The molecule has 0 bridgehead atoms. The zero-order chi connectivity index (χ0) is 14.8. The van der Waals surface area contributed by atoms with Gasteiger partial charge in [-0.1, -0.05) is 5.10 Å². The summed E-state index contributed by atoms with van der Waals surface area (Å²) in [6.45, 7) is 4.15. The average Bonchev–Trinajstić information content (AvgIpc) is 2.94. The standard InChI is InChI=1S/C13H15N5O3/c1-9-15-16-13(21-9)18-6-4-17(5-7-18)12(20)10-2-3-11(19)14-8-10/h2-3,8H,4-7H2,1H3,(H,14,19). The first-order valence-electron chi connectivity index (χ1n) is 6.66. The van der Waals surface area contributed by atoms with E-state index >= 15 is 0 Å². The quantitative estimate of drug-likeness (QED) is 0.838. The minimum absolute atomic E-state index is 0.0902. The van der Waals surface area contributed by atoms with E-state index in [4.69, 9.17) is 4.42 Å². The van der Waals surface area contributed by atoms with Gasteiger partial charge >= 0.3 is 6.01 Å². The first-order chi connectivity index (χ1) is 10.1. The van der Waals surface area contributed by atoms with Crippen molar-refractivity contribution in [3.8, 4) is 0 Å². The second kappa shape index (κ2) is 5.39. The molecule has 0 atom stereocenters. The summed E-state index contributed by atoms with van der Waals surface area (Å²) in [5, 5.41) is 7.77. The molecule has 3 heterocycles. The van der Waals surface area contributed by atoms with Crippen LogP contribution in [0.1, 0.15) is 16.2 Å². The summed E-state index contributed by atoms with van der Waals surface area (Å²) in [5.74, 6) is 0.435. The van der Waals surface area contributed by atoms with Gasteiger partial charge in [0.25, 0.3) is 5.91 Å². The number of rotatable bonds is 2. The molecule has 0 spiro atoms. The number of anilines is 1. The molecule has 1 saturated heterocycles. The van der Waals surface area contributed by atoms with E-state index in [1.54, 1.807) is 11.8 Å². The predicted molar refractivity (Wildman–Crippen MR) is 74.2 cm³/mol. The molecule has 0 saturated carbocycles. The Morgan fingerprint density at radius 1 is 1.24 bits per heavy atom. The maximum Gasteiger partial charge on any atom is 0.318 e. The van der Waals surface area contributed by atoms with Crippen LogP contribution in [0.5, 0.6) is 0 Å². The van der Waals surface area contributed by atoms with E-state index in [-0.39, 0.29) is 11.5 Å². The van der Waals surface area contributed by atoms with Gasteiger partial charge in [0.15, 0.2) is 0 Å². The predicted octanol–water partition coefficient (Wildman–Crippen LogP) is 0.0287. The molecule has 8 heteroatoms. The molecule has 0 aromatic carbocycles. The lowest BCUT2D eigenvalue weighted by atomic mass is 10.2. The minimum atomic E-state index is -0.219. The van der Waals surface area contributed by atoms with Crippen molar-refractivity contribution < 1.29 is 9.21 Å². The molecule has 0 aliphatic carbocycles. The van der Waals surface area contributed by atoms with Crippen LogP contribution in [0, 0.1) is 6.92 Å². The normalized spacial score (nSPS) is 15.3. The van der Waals surface area contributed by atoms with Crippen molar-refractivity contribution in [3.05, 3.63) is 40.1 Å². The molecule has 8 nitrogen and oxygen atoms in total. The highest BCUT2D eigenvalue weighted by molar-refractivity contribution is 5.94. The lowest BCUT2D eigenvalue weighted by Gasteiger charge is -2.33. The first-order valence-corrected chi connectivity index (χ1v) is 6.66. The zero-order valence-corrected chi connectivity index (χ0v) is 11.6. The third-order valence-electron chi connectivity index (χ3n) is 3.38.